The lowest BCUT2D eigenvalue weighted by Gasteiger charge is -2.28. The minimum atomic E-state index is -0.938. The molecule has 3 N–H and O–H groups in total. The summed E-state index contributed by atoms with van der Waals surface area (Å²) in [5.41, 5.74) is 7.39. The van der Waals surface area contributed by atoms with Crippen LogP contribution in [0, 0.1) is 13.8 Å². The topological polar surface area (TPSA) is 77.6 Å². The molecule has 0 spiro atoms. The van der Waals surface area contributed by atoms with E-state index in [4.69, 9.17) is 15.2 Å². The van der Waals surface area contributed by atoms with E-state index in [2.05, 4.69) is 4.98 Å². The molecule has 1 rings (SSSR count). The number of aliphatic hydroxyl groups is 1. The van der Waals surface area contributed by atoms with Crippen LogP contribution < -0.4 is 10.5 Å². The van der Waals surface area contributed by atoms with E-state index in [1.807, 2.05) is 13.8 Å². The first-order chi connectivity index (χ1) is 9.47. The summed E-state index contributed by atoms with van der Waals surface area (Å²) in [6.07, 6.45) is 3.55. The van der Waals surface area contributed by atoms with Gasteiger partial charge in [-0.15, -0.1) is 0 Å². The molecule has 1 unspecified atom stereocenters. The molecule has 0 aliphatic heterocycles. The van der Waals surface area contributed by atoms with Crippen molar-refractivity contribution >= 4 is 0 Å². The van der Waals surface area contributed by atoms with Crippen LogP contribution in [0.2, 0.25) is 0 Å². The summed E-state index contributed by atoms with van der Waals surface area (Å²) in [5, 5.41) is 10.7. The lowest BCUT2D eigenvalue weighted by Crippen LogP contribution is -2.38. The Kier molecular flexibility index (Phi) is 6.39. The molecule has 1 atom stereocenters. The molecule has 0 saturated carbocycles. The van der Waals surface area contributed by atoms with E-state index >= 15 is 0 Å². The zero-order valence-corrected chi connectivity index (χ0v) is 12.9. The maximum Gasteiger partial charge on any atom is 0.128 e. The van der Waals surface area contributed by atoms with Crippen LogP contribution in [-0.4, -0.2) is 43.1 Å². The van der Waals surface area contributed by atoms with Crippen molar-refractivity contribution in [3.05, 3.63) is 23.0 Å². The van der Waals surface area contributed by atoms with Gasteiger partial charge in [-0.2, -0.15) is 0 Å². The third-order valence-corrected chi connectivity index (χ3v) is 3.51. The number of pyridine rings is 1. The molecular weight excluding hydrogens is 256 g/mol. The number of methoxy groups -OCH3 is 2. The minimum absolute atomic E-state index is 0.268. The highest BCUT2D eigenvalue weighted by molar-refractivity contribution is 5.41. The maximum absolute atomic E-state index is 10.7. The Morgan fingerprint density at radius 2 is 2.05 bits per heavy atom. The molecule has 0 fully saturated rings. The summed E-state index contributed by atoms with van der Waals surface area (Å²) in [6, 6.07) is 0. The smallest absolute Gasteiger partial charge is 0.128 e. The fraction of sp³-hybridized carbons (Fsp3) is 0.667. The Bertz CT molecular complexity index is 437. The second-order valence-corrected chi connectivity index (χ2v) is 5.27. The van der Waals surface area contributed by atoms with Crippen LogP contribution in [0.5, 0.6) is 5.75 Å². The standard InChI is InChI=1S/C15H26N2O3/c1-11-9-17-13(12(2)14(11)20-4)8-15(18,10-19-3)6-5-7-16/h9,18H,5-8,10,16H2,1-4H3. The number of aromatic nitrogens is 1. The molecule has 5 heteroatoms. The second kappa shape index (κ2) is 7.57. The first kappa shape index (κ1) is 16.9. The first-order valence-corrected chi connectivity index (χ1v) is 6.88. The van der Waals surface area contributed by atoms with Gasteiger partial charge in [0.1, 0.15) is 5.75 Å². The number of aryl methyl sites for hydroxylation is 1. The molecule has 0 aliphatic carbocycles. The van der Waals surface area contributed by atoms with Crippen molar-refractivity contribution in [2.75, 3.05) is 27.4 Å². The van der Waals surface area contributed by atoms with Crippen molar-refractivity contribution in [3.8, 4) is 5.75 Å². The van der Waals surface area contributed by atoms with Crippen molar-refractivity contribution < 1.29 is 14.6 Å². The highest BCUT2D eigenvalue weighted by Crippen LogP contribution is 2.27. The summed E-state index contributed by atoms with van der Waals surface area (Å²) >= 11 is 0. The Hall–Kier alpha value is -1.17. The molecule has 1 heterocycles. The summed E-state index contributed by atoms with van der Waals surface area (Å²) in [7, 11) is 3.23. The Balaban J connectivity index is 2.99. The SMILES string of the molecule is COCC(O)(CCCN)Cc1ncc(C)c(OC)c1C. The summed E-state index contributed by atoms with van der Waals surface area (Å²) < 4.78 is 10.5. The Morgan fingerprint density at radius 1 is 1.35 bits per heavy atom. The van der Waals surface area contributed by atoms with Crippen molar-refractivity contribution in [2.24, 2.45) is 5.73 Å². The third-order valence-electron chi connectivity index (χ3n) is 3.51. The fourth-order valence-electron chi connectivity index (χ4n) is 2.47. The van der Waals surface area contributed by atoms with E-state index in [-0.39, 0.29) is 6.61 Å². The van der Waals surface area contributed by atoms with Gasteiger partial charge < -0.3 is 20.3 Å². The molecule has 5 nitrogen and oxygen atoms in total. The monoisotopic (exact) mass is 282 g/mol. The molecule has 20 heavy (non-hydrogen) atoms. The number of hydrogen-bond acceptors (Lipinski definition) is 5. The predicted octanol–water partition coefficient (Wildman–Crippen LogP) is 1.37. The molecule has 0 saturated heterocycles. The zero-order valence-electron chi connectivity index (χ0n) is 12.9. The predicted molar refractivity (Wildman–Crippen MR) is 79.1 cm³/mol. The molecule has 0 aromatic carbocycles. The zero-order chi connectivity index (χ0) is 15.2. The Labute approximate surface area is 121 Å². The lowest BCUT2D eigenvalue weighted by molar-refractivity contribution is -0.0382. The van der Waals surface area contributed by atoms with E-state index in [0.29, 0.717) is 19.4 Å². The number of nitrogens with zero attached hydrogens (tertiary/aromatic N) is 1. The normalized spacial score (nSPS) is 14.1. The molecule has 0 aliphatic rings. The highest BCUT2D eigenvalue weighted by Gasteiger charge is 2.28. The van der Waals surface area contributed by atoms with Gasteiger partial charge in [-0.1, -0.05) is 0 Å². The van der Waals surface area contributed by atoms with Gasteiger partial charge in [0.2, 0.25) is 0 Å². The minimum Gasteiger partial charge on any atom is -0.496 e. The maximum atomic E-state index is 10.7. The van der Waals surface area contributed by atoms with Gasteiger partial charge in [-0.25, -0.2) is 0 Å². The van der Waals surface area contributed by atoms with Crippen LogP contribution in [0.3, 0.4) is 0 Å². The van der Waals surface area contributed by atoms with Crippen LogP contribution in [0.1, 0.15) is 29.7 Å². The van der Waals surface area contributed by atoms with Crippen molar-refractivity contribution in [2.45, 2.75) is 38.7 Å². The molecular formula is C15H26N2O3. The second-order valence-electron chi connectivity index (χ2n) is 5.27. The molecule has 1 aromatic rings. The number of rotatable bonds is 8. The van der Waals surface area contributed by atoms with E-state index in [1.54, 1.807) is 20.4 Å². The van der Waals surface area contributed by atoms with E-state index in [0.717, 1.165) is 29.0 Å². The van der Waals surface area contributed by atoms with Crippen LogP contribution >= 0.6 is 0 Å². The van der Waals surface area contributed by atoms with Gasteiger partial charge in [-0.3, -0.25) is 4.98 Å². The summed E-state index contributed by atoms with van der Waals surface area (Å²) in [4.78, 5) is 4.43. The summed E-state index contributed by atoms with van der Waals surface area (Å²) in [6.45, 7) is 4.74. The van der Waals surface area contributed by atoms with Crippen LogP contribution in [0.25, 0.3) is 0 Å². The number of hydrogen-bond donors (Lipinski definition) is 2. The van der Waals surface area contributed by atoms with E-state index in [9.17, 15) is 5.11 Å². The lowest BCUT2D eigenvalue weighted by atomic mass is 9.91. The van der Waals surface area contributed by atoms with Gasteiger partial charge in [0, 0.05) is 36.5 Å². The summed E-state index contributed by atoms with van der Waals surface area (Å²) in [5.74, 6) is 0.827. The van der Waals surface area contributed by atoms with Crippen LogP contribution in [0.15, 0.2) is 6.20 Å². The van der Waals surface area contributed by atoms with Gasteiger partial charge in [-0.05, 0) is 33.2 Å². The van der Waals surface area contributed by atoms with Crippen molar-refractivity contribution in [1.82, 2.24) is 4.98 Å². The fourth-order valence-corrected chi connectivity index (χ4v) is 2.47. The van der Waals surface area contributed by atoms with Gasteiger partial charge in [0.25, 0.3) is 0 Å². The van der Waals surface area contributed by atoms with Crippen LogP contribution in [0.4, 0.5) is 0 Å². The van der Waals surface area contributed by atoms with Crippen molar-refractivity contribution in [1.29, 1.82) is 0 Å². The van der Waals surface area contributed by atoms with E-state index < -0.39 is 5.60 Å². The number of ether oxygens (including phenoxy) is 2. The van der Waals surface area contributed by atoms with Crippen molar-refractivity contribution in [3.63, 3.8) is 0 Å². The average molecular weight is 282 g/mol. The Morgan fingerprint density at radius 3 is 2.60 bits per heavy atom. The number of nitrogens with two attached hydrogens (primary N) is 1. The van der Waals surface area contributed by atoms with Gasteiger partial charge in [0.15, 0.2) is 0 Å². The molecule has 0 radical (unpaired) electrons. The first-order valence-electron chi connectivity index (χ1n) is 6.88. The molecule has 114 valence electrons. The van der Waals surface area contributed by atoms with Gasteiger partial charge in [0.05, 0.1) is 19.3 Å². The molecule has 0 bridgehead atoms. The quantitative estimate of drug-likeness (QED) is 0.753. The highest BCUT2D eigenvalue weighted by atomic mass is 16.5. The molecule has 1 aromatic heterocycles. The molecule has 0 amide bonds. The van der Waals surface area contributed by atoms with Gasteiger partial charge >= 0.3 is 0 Å². The average Bonchev–Trinajstić information content (AvgIpc) is 2.41. The van der Waals surface area contributed by atoms with Crippen LogP contribution in [-0.2, 0) is 11.2 Å². The van der Waals surface area contributed by atoms with E-state index in [1.165, 1.54) is 0 Å². The third kappa shape index (κ3) is 4.16. The largest absolute Gasteiger partial charge is 0.496 e.